The van der Waals surface area contributed by atoms with Crippen molar-refractivity contribution in [3.63, 3.8) is 0 Å². The normalized spacial score (nSPS) is 11.7. The minimum absolute atomic E-state index is 0.199. The van der Waals surface area contributed by atoms with Crippen molar-refractivity contribution >= 4 is 22.3 Å². The van der Waals surface area contributed by atoms with E-state index in [1.54, 1.807) is 0 Å². The number of fused-ring (bicyclic) bond motifs is 1. The lowest BCUT2D eigenvalue weighted by molar-refractivity contribution is -0.132. The highest BCUT2D eigenvalue weighted by Gasteiger charge is 2.15. The number of aliphatic carboxylic acids is 1. The molecular formula is C22H18N2O3S. The van der Waals surface area contributed by atoms with Crippen molar-refractivity contribution in [2.24, 2.45) is 0 Å². The molecule has 4 aromatic rings. The van der Waals surface area contributed by atoms with E-state index in [4.69, 9.17) is 4.74 Å². The van der Waals surface area contributed by atoms with Crippen LogP contribution in [0.5, 0.6) is 0 Å². The van der Waals surface area contributed by atoms with Crippen LogP contribution < -0.4 is 0 Å². The van der Waals surface area contributed by atoms with Crippen LogP contribution in [0.4, 0.5) is 0 Å². The highest BCUT2D eigenvalue weighted by Crippen LogP contribution is 2.27. The molecule has 1 N–H and O–H groups in total. The average molecular weight is 390 g/mol. The number of hydrogen-bond donors (Lipinski definition) is 1. The minimum Gasteiger partial charge on any atom is -0.504 e. The van der Waals surface area contributed by atoms with E-state index in [2.05, 4.69) is 41.4 Å². The summed E-state index contributed by atoms with van der Waals surface area (Å²) in [7, 11) is 1.45. The number of rotatable bonds is 6. The number of carboxylic acid groups (broad SMARTS) is 1. The fraction of sp³-hybridized carbons (Fsp3) is 0.0909. The Kier molecular flexibility index (Phi) is 4.95. The fourth-order valence-electron chi connectivity index (χ4n) is 3.06. The van der Waals surface area contributed by atoms with Gasteiger partial charge >= 0.3 is 5.97 Å². The molecule has 0 aliphatic heterocycles. The number of thiazole rings is 1. The molecule has 0 saturated heterocycles. The summed E-state index contributed by atoms with van der Waals surface area (Å²) in [6, 6.07) is 18.5. The van der Waals surface area contributed by atoms with Crippen molar-refractivity contribution in [1.29, 1.82) is 0 Å². The second kappa shape index (κ2) is 7.70. The Morgan fingerprint density at radius 3 is 2.46 bits per heavy atom. The third kappa shape index (κ3) is 3.54. The van der Waals surface area contributed by atoms with Gasteiger partial charge in [-0.2, -0.15) is 0 Å². The van der Waals surface area contributed by atoms with Crippen LogP contribution in [0, 0.1) is 0 Å². The van der Waals surface area contributed by atoms with Gasteiger partial charge in [-0.05, 0) is 11.1 Å². The van der Waals surface area contributed by atoms with Crippen molar-refractivity contribution in [1.82, 2.24) is 9.38 Å². The van der Waals surface area contributed by atoms with E-state index < -0.39 is 5.97 Å². The highest BCUT2D eigenvalue weighted by molar-refractivity contribution is 7.15. The quantitative estimate of drug-likeness (QED) is 0.376. The Morgan fingerprint density at radius 2 is 1.79 bits per heavy atom. The van der Waals surface area contributed by atoms with Crippen molar-refractivity contribution in [3.05, 3.63) is 83.7 Å². The van der Waals surface area contributed by atoms with E-state index in [0.29, 0.717) is 0 Å². The molecule has 2 aromatic carbocycles. The van der Waals surface area contributed by atoms with Gasteiger partial charge in [0.15, 0.2) is 4.96 Å². The molecule has 0 amide bonds. The minimum atomic E-state index is -0.988. The molecule has 0 atom stereocenters. The summed E-state index contributed by atoms with van der Waals surface area (Å²) in [4.78, 5) is 16.9. The number of ether oxygens (including phenoxy) is 1. The third-order valence-electron chi connectivity index (χ3n) is 4.48. The van der Waals surface area contributed by atoms with Gasteiger partial charge in [0.05, 0.1) is 24.6 Å². The lowest BCUT2D eigenvalue weighted by Crippen LogP contribution is -2.05. The average Bonchev–Trinajstić information content (AvgIpc) is 3.30. The van der Waals surface area contributed by atoms with Crippen LogP contribution >= 0.6 is 11.3 Å². The monoisotopic (exact) mass is 390 g/mol. The summed E-state index contributed by atoms with van der Waals surface area (Å²) < 4.78 is 6.83. The van der Waals surface area contributed by atoms with E-state index in [1.165, 1.54) is 30.3 Å². The molecule has 0 radical (unpaired) electrons. The van der Waals surface area contributed by atoms with Crippen LogP contribution in [0.3, 0.4) is 0 Å². The first-order chi connectivity index (χ1) is 13.7. The van der Waals surface area contributed by atoms with E-state index in [1.807, 2.05) is 34.2 Å². The Bertz CT molecular complexity index is 1140. The second-order valence-electron chi connectivity index (χ2n) is 6.31. The summed E-state index contributed by atoms with van der Waals surface area (Å²) in [6.45, 7) is 0. The van der Waals surface area contributed by atoms with Gasteiger partial charge < -0.3 is 9.84 Å². The van der Waals surface area contributed by atoms with Gasteiger partial charge in [0.2, 0.25) is 0 Å². The molecular weight excluding hydrogens is 372 g/mol. The molecule has 5 nitrogen and oxygen atoms in total. The van der Waals surface area contributed by atoms with Gasteiger partial charge in [0, 0.05) is 29.3 Å². The molecule has 0 bridgehead atoms. The third-order valence-corrected chi connectivity index (χ3v) is 5.37. The van der Waals surface area contributed by atoms with Gasteiger partial charge in [0.25, 0.3) is 0 Å². The molecule has 140 valence electrons. The molecule has 2 aromatic heterocycles. The predicted octanol–water partition coefficient (Wildman–Crippen LogP) is 4.89. The molecule has 28 heavy (non-hydrogen) atoms. The Balaban J connectivity index is 1.63. The molecule has 2 heterocycles. The number of hydrogen-bond acceptors (Lipinski definition) is 4. The van der Waals surface area contributed by atoms with Crippen LogP contribution in [0.25, 0.3) is 27.3 Å². The standard InChI is InChI=1S/C22H18N2O3S/c1-27-13-18(21(25)26)11-19-14-28-22-23-20(12-24(19)22)17-9-7-16(8-10-17)15-5-3-2-4-6-15/h2-10,12-14H,11H2,1H3,(H,25,26)/b18-13-. The summed E-state index contributed by atoms with van der Waals surface area (Å²) in [6.07, 6.45) is 3.49. The van der Waals surface area contributed by atoms with E-state index >= 15 is 0 Å². The highest BCUT2D eigenvalue weighted by atomic mass is 32.1. The zero-order chi connectivity index (χ0) is 19.5. The number of imidazole rings is 1. The first kappa shape index (κ1) is 18.0. The van der Waals surface area contributed by atoms with E-state index in [0.717, 1.165) is 27.5 Å². The molecule has 0 unspecified atom stereocenters. The number of aromatic nitrogens is 2. The molecule has 0 saturated carbocycles. The van der Waals surface area contributed by atoms with Gasteiger partial charge in [-0.25, -0.2) is 9.78 Å². The maximum atomic E-state index is 11.4. The number of nitrogens with zero attached hydrogens (tertiary/aromatic N) is 2. The lowest BCUT2D eigenvalue weighted by Gasteiger charge is -2.03. The zero-order valence-electron chi connectivity index (χ0n) is 15.2. The lowest BCUT2D eigenvalue weighted by atomic mass is 10.0. The largest absolute Gasteiger partial charge is 0.504 e. The van der Waals surface area contributed by atoms with Gasteiger partial charge in [-0.1, -0.05) is 54.6 Å². The predicted molar refractivity (Wildman–Crippen MR) is 110 cm³/mol. The Morgan fingerprint density at radius 1 is 1.11 bits per heavy atom. The van der Waals surface area contributed by atoms with Gasteiger partial charge in [-0.15, -0.1) is 11.3 Å². The van der Waals surface area contributed by atoms with E-state index in [9.17, 15) is 9.90 Å². The maximum absolute atomic E-state index is 11.4. The first-order valence-corrected chi connectivity index (χ1v) is 9.60. The van der Waals surface area contributed by atoms with Crippen LogP contribution in [0.2, 0.25) is 0 Å². The molecule has 0 spiro atoms. The molecule has 0 aliphatic carbocycles. The molecule has 6 heteroatoms. The summed E-state index contributed by atoms with van der Waals surface area (Å²) >= 11 is 1.49. The Hall–Kier alpha value is -3.38. The van der Waals surface area contributed by atoms with Crippen LogP contribution in [0.15, 0.2) is 78.0 Å². The fourth-order valence-corrected chi connectivity index (χ4v) is 3.94. The SMILES string of the molecule is CO/C=C(/Cc1csc2nc(-c3ccc(-c4ccccc4)cc3)cn12)C(=O)O. The second-order valence-corrected chi connectivity index (χ2v) is 7.15. The van der Waals surface area contributed by atoms with Crippen molar-refractivity contribution in [3.8, 4) is 22.4 Å². The van der Waals surface area contributed by atoms with Crippen molar-refractivity contribution in [2.75, 3.05) is 7.11 Å². The topological polar surface area (TPSA) is 63.8 Å². The van der Waals surface area contributed by atoms with Crippen LogP contribution in [0.1, 0.15) is 5.69 Å². The summed E-state index contributed by atoms with van der Waals surface area (Å²) in [5.41, 5.74) is 5.28. The maximum Gasteiger partial charge on any atom is 0.335 e. The number of carboxylic acids is 1. The molecule has 0 aliphatic rings. The van der Waals surface area contributed by atoms with Gasteiger partial charge in [-0.3, -0.25) is 4.40 Å². The first-order valence-electron chi connectivity index (χ1n) is 8.72. The molecule has 4 rings (SSSR count). The van der Waals surface area contributed by atoms with Gasteiger partial charge in [0.1, 0.15) is 0 Å². The van der Waals surface area contributed by atoms with Crippen molar-refractivity contribution < 1.29 is 14.6 Å². The number of benzene rings is 2. The van der Waals surface area contributed by atoms with E-state index in [-0.39, 0.29) is 12.0 Å². The van der Waals surface area contributed by atoms with Crippen molar-refractivity contribution in [2.45, 2.75) is 6.42 Å². The zero-order valence-corrected chi connectivity index (χ0v) is 16.0. The summed E-state index contributed by atoms with van der Waals surface area (Å²) in [5.74, 6) is -0.988. The smallest absolute Gasteiger partial charge is 0.335 e. The Labute approximate surface area is 166 Å². The summed E-state index contributed by atoms with van der Waals surface area (Å²) in [5, 5.41) is 11.2. The van der Waals surface area contributed by atoms with Crippen LogP contribution in [-0.2, 0) is 16.0 Å². The molecule has 0 fully saturated rings. The van der Waals surface area contributed by atoms with Crippen LogP contribution in [-0.4, -0.2) is 27.6 Å². The number of carbonyl (C=O) groups is 1. The number of methoxy groups -OCH3 is 1.